The number of nitrogens with zero attached hydrogens (tertiary/aromatic N) is 1. The maximum Gasteiger partial charge on any atom is 0.123 e. The lowest BCUT2D eigenvalue weighted by atomic mass is 9.66. The lowest BCUT2D eigenvalue weighted by Crippen LogP contribution is -2.38. The van der Waals surface area contributed by atoms with Gasteiger partial charge in [0, 0.05) is 5.02 Å². The summed E-state index contributed by atoms with van der Waals surface area (Å²) in [6, 6.07) is 19.4. The number of hydrazone groups is 1. The topological polar surface area (TPSA) is 38.4 Å². The molecule has 0 radical (unpaired) electrons. The van der Waals surface area contributed by atoms with E-state index in [1.54, 1.807) is 37.3 Å². The van der Waals surface area contributed by atoms with Crippen LogP contribution >= 0.6 is 11.6 Å². The SMILES string of the molecule is CC(=NN)C(c1ccc(F)cc1)(c1ccc(F)cc1)c1ccccc1Cl. The van der Waals surface area contributed by atoms with Gasteiger partial charge in [0.15, 0.2) is 0 Å². The van der Waals surface area contributed by atoms with Gasteiger partial charge in [-0.1, -0.05) is 54.1 Å². The van der Waals surface area contributed by atoms with Gasteiger partial charge >= 0.3 is 0 Å². The normalized spacial score (nSPS) is 12.2. The molecule has 0 atom stereocenters. The van der Waals surface area contributed by atoms with Crippen molar-refractivity contribution < 1.29 is 8.78 Å². The van der Waals surface area contributed by atoms with Crippen LogP contribution < -0.4 is 5.84 Å². The van der Waals surface area contributed by atoms with Crippen molar-refractivity contribution in [3.63, 3.8) is 0 Å². The molecule has 2 N–H and O–H groups in total. The molecule has 2 nitrogen and oxygen atoms in total. The highest BCUT2D eigenvalue weighted by molar-refractivity contribution is 6.32. The predicted octanol–water partition coefficient (Wildman–Crippen LogP) is 5.29. The van der Waals surface area contributed by atoms with Crippen molar-refractivity contribution in [1.82, 2.24) is 0 Å². The third kappa shape index (κ3) is 2.97. The zero-order chi connectivity index (χ0) is 18.7. The molecule has 26 heavy (non-hydrogen) atoms. The van der Waals surface area contributed by atoms with Crippen LogP contribution in [0, 0.1) is 11.6 Å². The summed E-state index contributed by atoms with van der Waals surface area (Å²) >= 11 is 6.53. The molecule has 3 aromatic rings. The van der Waals surface area contributed by atoms with Crippen LogP contribution in [0.1, 0.15) is 23.6 Å². The van der Waals surface area contributed by atoms with Gasteiger partial charge in [0.05, 0.1) is 11.1 Å². The van der Waals surface area contributed by atoms with Crippen LogP contribution in [0.5, 0.6) is 0 Å². The minimum absolute atomic E-state index is 0.358. The van der Waals surface area contributed by atoms with Gasteiger partial charge in [-0.2, -0.15) is 5.10 Å². The van der Waals surface area contributed by atoms with Crippen LogP contribution in [0.2, 0.25) is 5.02 Å². The Morgan fingerprint density at radius 1 is 0.846 bits per heavy atom. The monoisotopic (exact) mass is 370 g/mol. The summed E-state index contributed by atoms with van der Waals surface area (Å²) in [4.78, 5) is 0. The summed E-state index contributed by atoms with van der Waals surface area (Å²) in [5.41, 5.74) is 1.75. The zero-order valence-corrected chi connectivity index (χ0v) is 14.8. The predicted molar refractivity (Wildman–Crippen MR) is 101 cm³/mol. The fourth-order valence-corrected chi connectivity index (χ4v) is 3.63. The lowest BCUT2D eigenvalue weighted by Gasteiger charge is -2.36. The van der Waals surface area contributed by atoms with Gasteiger partial charge in [-0.15, -0.1) is 0 Å². The van der Waals surface area contributed by atoms with E-state index in [1.807, 2.05) is 18.2 Å². The van der Waals surface area contributed by atoms with E-state index < -0.39 is 5.41 Å². The molecule has 5 heteroatoms. The molecule has 0 bridgehead atoms. The third-order valence-corrected chi connectivity index (χ3v) is 4.90. The minimum atomic E-state index is -0.978. The molecule has 0 aliphatic carbocycles. The van der Waals surface area contributed by atoms with Crippen LogP contribution in [0.4, 0.5) is 8.78 Å². The first-order valence-electron chi connectivity index (χ1n) is 8.02. The van der Waals surface area contributed by atoms with Crippen molar-refractivity contribution >= 4 is 17.3 Å². The Labute approximate surface area is 155 Å². The summed E-state index contributed by atoms with van der Waals surface area (Å²) in [6.45, 7) is 1.77. The number of halogens is 3. The molecule has 0 aliphatic rings. The highest BCUT2D eigenvalue weighted by atomic mass is 35.5. The van der Waals surface area contributed by atoms with E-state index in [4.69, 9.17) is 17.4 Å². The molecule has 0 spiro atoms. The molecule has 0 aromatic heterocycles. The van der Waals surface area contributed by atoms with Gasteiger partial charge in [-0.3, -0.25) is 0 Å². The van der Waals surface area contributed by atoms with Crippen LogP contribution in [-0.2, 0) is 5.41 Å². The van der Waals surface area contributed by atoms with Crippen LogP contribution in [0.15, 0.2) is 77.9 Å². The van der Waals surface area contributed by atoms with E-state index in [0.717, 1.165) is 16.7 Å². The van der Waals surface area contributed by atoms with Gasteiger partial charge < -0.3 is 5.84 Å². The number of benzene rings is 3. The molecule has 3 aromatic carbocycles. The molecule has 0 unspecified atom stereocenters. The first-order chi connectivity index (χ1) is 12.5. The first kappa shape index (κ1) is 18.1. The maximum atomic E-state index is 13.6. The van der Waals surface area contributed by atoms with Crippen molar-refractivity contribution in [2.24, 2.45) is 10.9 Å². The van der Waals surface area contributed by atoms with Gasteiger partial charge in [0.25, 0.3) is 0 Å². The molecule has 0 amide bonds. The molecule has 0 fully saturated rings. The van der Waals surface area contributed by atoms with Gasteiger partial charge in [0.1, 0.15) is 11.6 Å². The van der Waals surface area contributed by atoms with E-state index in [1.165, 1.54) is 24.3 Å². The fourth-order valence-electron chi connectivity index (χ4n) is 3.35. The van der Waals surface area contributed by atoms with E-state index in [0.29, 0.717) is 10.7 Å². The molecular formula is C21H17ClF2N2. The summed E-state index contributed by atoms with van der Waals surface area (Å²) in [7, 11) is 0. The Morgan fingerprint density at radius 3 is 1.73 bits per heavy atom. The highest BCUT2D eigenvalue weighted by Gasteiger charge is 2.41. The molecule has 0 aliphatic heterocycles. The van der Waals surface area contributed by atoms with Gasteiger partial charge in [-0.05, 0) is 53.9 Å². The van der Waals surface area contributed by atoms with Crippen molar-refractivity contribution in [2.45, 2.75) is 12.3 Å². The quantitative estimate of drug-likeness (QED) is 0.288. The van der Waals surface area contributed by atoms with Crippen LogP contribution in [0.25, 0.3) is 0 Å². The van der Waals surface area contributed by atoms with Crippen LogP contribution in [-0.4, -0.2) is 5.71 Å². The maximum absolute atomic E-state index is 13.6. The Morgan fingerprint density at radius 2 is 1.31 bits per heavy atom. The number of hydrogen-bond donors (Lipinski definition) is 1. The summed E-state index contributed by atoms with van der Waals surface area (Å²) in [6.07, 6.45) is 0. The average Bonchev–Trinajstić information content (AvgIpc) is 2.66. The molecular weight excluding hydrogens is 354 g/mol. The smallest absolute Gasteiger partial charge is 0.123 e. The molecule has 0 heterocycles. The van der Waals surface area contributed by atoms with Gasteiger partial charge in [0.2, 0.25) is 0 Å². The molecule has 3 rings (SSSR count). The summed E-state index contributed by atoms with van der Waals surface area (Å²) < 4.78 is 27.1. The largest absolute Gasteiger partial charge is 0.323 e. The lowest BCUT2D eigenvalue weighted by molar-refractivity contribution is 0.624. The minimum Gasteiger partial charge on any atom is -0.323 e. The van der Waals surface area contributed by atoms with Crippen molar-refractivity contribution in [3.05, 3.63) is 106 Å². The van der Waals surface area contributed by atoms with Gasteiger partial charge in [-0.25, -0.2) is 8.78 Å². The standard InChI is InChI=1S/C21H17ClF2N2/c1-14(26-25)21(15-6-10-17(23)11-7-15,16-8-12-18(24)13-9-16)19-4-2-3-5-20(19)22/h2-13H,25H2,1H3. The summed E-state index contributed by atoms with van der Waals surface area (Å²) in [5.74, 6) is 4.96. The molecule has 0 saturated carbocycles. The molecule has 0 saturated heterocycles. The van der Waals surface area contributed by atoms with E-state index in [9.17, 15) is 8.78 Å². The third-order valence-electron chi connectivity index (χ3n) is 4.57. The Bertz CT molecular complexity index is 889. The average molecular weight is 371 g/mol. The van der Waals surface area contributed by atoms with Crippen molar-refractivity contribution in [1.29, 1.82) is 0 Å². The van der Waals surface area contributed by atoms with E-state index in [2.05, 4.69) is 5.10 Å². The number of rotatable bonds is 4. The van der Waals surface area contributed by atoms with Crippen LogP contribution in [0.3, 0.4) is 0 Å². The van der Waals surface area contributed by atoms with Crippen molar-refractivity contribution in [3.8, 4) is 0 Å². The zero-order valence-electron chi connectivity index (χ0n) is 14.1. The highest BCUT2D eigenvalue weighted by Crippen LogP contribution is 2.43. The summed E-state index contributed by atoms with van der Waals surface area (Å²) in [5, 5.41) is 4.45. The van der Waals surface area contributed by atoms with Crippen molar-refractivity contribution in [2.75, 3.05) is 0 Å². The Kier molecular flexibility index (Phi) is 5.05. The molecule has 132 valence electrons. The second-order valence-electron chi connectivity index (χ2n) is 5.96. The first-order valence-corrected chi connectivity index (χ1v) is 8.40. The fraction of sp³-hybridized carbons (Fsp3) is 0.0952. The Balaban J connectivity index is 2.44. The second-order valence-corrected chi connectivity index (χ2v) is 6.37. The second kappa shape index (κ2) is 7.26. The van der Waals surface area contributed by atoms with E-state index >= 15 is 0 Å². The number of nitrogens with two attached hydrogens (primary N) is 1. The number of hydrogen-bond acceptors (Lipinski definition) is 2. The van der Waals surface area contributed by atoms with E-state index in [-0.39, 0.29) is 11.6 Å². The Hall–Kier alpha value is -2.72.